The second-order valence-corrected chi connectivity index (χ2v) is 7.87. The van der Waals surface area contributed by atoms with Crippen LogP contribution in [0.1, 0.15) is 29.3 Å². The molecule has 2 aliphatic rings. The Morgan fingerprint density at radius 1 is 1.04 bits per heavy atom. The third-order valence-electron chi connectivity index (χ3n) is 6.19. The highest BCUT2D eigenvalue weighted by molar-refractivity contribution is 6.03. The lowest BCUT2D eigenvalue weighted by Gasteiger charge is -2.34. The first-order chi connectivity index (χ1) is 13.5. The molecule has 0 N–H and O–H groups in total. The number of carbonyl (C=O) groups excluding carboxylic acids is 2. The number of ketones is 1. The Morgan fingerprint density at radius 3 is 2.32 bits per heavy atom. The molecule has 2 aromatic carbocycles. The van der Waals surface area contributed by atoms with Crippen molar-refractivity contribution >= 4 is 11.8 Å². The number of methoxy groups -OCH3 is 1. The summed E-state index contributed by atoms with van der Waals surface area (Å²) in [5.41, 5.74) is 1.18. The van der Waals surface area contributed by atoms with Crippen LogP contribution >= 0.6 is 0 Å². The second kappa shape index (κ2) is 7.49. The van der Waals surface area contributed by atoms with E-state index in [1.807, 2.05) is 55.5 Å². The van der Waals surface area contributed by atoms with Crippen LogP contribution in [0, 0.1) is 5.92 Å². The Kier molecular flexibility index (Phi) is 5.04. The van der Waals surface area contributed by atoms with Crippen LogP contribution < -0.4 is 0 Å². The molecule has 0 aliphatic carbocycles. The molecule has 2 saturated heterocycles. The zero-order valence-electron chi connectivity index (χ0n) is 16.4. The Bertz CT molecular complexity index is 855. The van der Waals surface area contributed by atoms with Crippen molar-refractivity contribution in [3.8, 4) is 0 Å². The molecule has 5 nitrogen and oxygen atoms in total. The smallest absolute Gasteiger partial charge is 0.311 e. The molecule has 3 unspecified atom stereocenters. The van der Waals surface area contributed by atoms with E-state index in [4.69, 9.17) is 4.74 Å². The highest BCUT2D eigenvalue weighted by Gasteiger charge is 2.59. The van der Waals surface area contributed by atoms with Gasteiger partial charge in [0.05, 0.1) is 24.7 Å². The number of esters is 1. The van der Waals surface area contributed by atoms with Gasteiger partial charge in [-0.25, -0.2) is 0 Å². The van der Waals surface area contributed by atoms with Crippen LogP contribution in [-0.2, 0) is 16.1 Å². The van der Waals surface area contributed by atoms with Crippen LogP contribution in [0.2, 0.25) is 0 Å². The van der Waals surface area contributed by atoms with Crippen molar-refractivity contribution < 1.29 is 14.3 Å². The minimum atomic E-state index is -0.712. The van der Waals surface area contributed by atoms with E-state index < -0.39 is 5.54 Å². The van der Waals surface area contributed by atoms with E-state index in [1.54, 1.807) is 0 Å². The van der Waals surface area contributed by atoms with Gasteiger partial charge in [-0.15, -0.1) is 0 Å². The summed E-state index contributed by atoms with van der Waals surface area (Å²) in [4.78, 5) is 30.6. The summed E-state index contributed by atoms with van der Waals surface area (Å²) in [6.45, 7) is 4.32. The number of benzene rings is 2. The molecule has 0 bridgehead atoms. The molecule has 146 valence electrons. The molecule has 28 heavy (non-hydrogen) atoms. The summed E-state index contributed by atoms with van der Waals surface area (Å²) in [6.07, 6.45) is 0.355. The number of rotatable bonds is 5. The van der Waals surface area contributed by atoms with Gasteiger partial charge in [0.1, 0.15) is 0 Å². The number of carbonyl (C=O) groups is 2. The average molecular weight is 378 g/mol. The molecule has 2 aliphatic heterocycles. The standard InChI is InChI=1S/C23H26N2O3/c1-23(20(26)18-11-7-4-8-12-18)15-19(22(27)28-2)21-24(13-14-25(21)23)16-17-9-5-3-6-10-17/h3-12,19,21H,13-16H2,1-2H3. The molecule has 0 spiro atoms. The van der Waals surface area contributed by atoms with Crippen LogP contribution in [0.5, 0.6) is 0 Å². The van der Waals surface area contributed by atoms with Crippen LogP contribution in [0.25, 0.3) is 0 Å². The number of hydrogen-bond acceptors (Lipinski definition) is 5. The topological polar surface area (TPSA) is 49.9 Å². The predicted molar refractivity (Wildman–Crippen MR) is 107 cm³/mol. The lowest BCUT2D eigenvalue weighted by molar-refractivity contribution is -0.147. The van der Waals surface area contributed by atoms with Crippen molar-refractivity contribution in [3.05, 3.63) is 71.8 Å². The molecule has 2 fully saturated rings. The molecule has 0 aromatic heterocycles. The lowest BCUT2D eigenvalue weighted by Crippen LogP contribution is -2.50. The molecular weight excluding hydrogens is 352 g/mol. The monoisotopic (exact) mass is 378 g/mol. The van der Waals surface area contributed by atoms with Crippen molar-refractivity contribution in [1.29, 1.82) is 0 Å². The molecular formula is C23H26N2O3. The first kappa shape index (κ1) is 18.8. The molecule has 2 aromatic rings. The summed E-state index contributed by atoms with van der Waals surface area (Å²) in [7, 11) is 1.43. The zero-order valence-corrected chi connectivity index (χ0v) is 16.4. The summed E-state index contributed by atoms with van der Waals surface area (Å²) in [6, 6.07) is 19.6. The van der Waals surface area contributed by atoms with Gasteiger partial charge in [0.2, 0.25) is 0 Å². The maximum Gasteiger partial charge on any atom is 0.311 e. The third kappa shape index (κ3) is 3.15. The van der Waals surface area contributed by atoms with Gasteiger partial charge in [-0.05, 0) is 18.9 Å². The Morgan fingerprint density at radius 2 is 1.68 bits per heavy atom. The van der Waals surface area contributed by atoms with E-state index in [0.29, 0.717) is 12.0 Å². The van der Waals surface area contributed by atoms with Crippen molar-refractivity contribution in [1.82, 2.24) is 9.80 Å². The quantitative estimate of drug-likeness (QED) is 0.591. The molecule has 2 heterocycles. The highest BCUT2D eigenvalue weighted by Crippen LogP contribution is 2.45. The predicted octanol–water partition coefficient (Wildman–Crippen LogP) is 2.96. The molecule has 0 saturated carbocycles. The normalized spacial score (nSPS) is 27.5. The number of ether oxygens (including phenoxy) is 1. The van der Waals surface area contributed by atoms with E-state index in [9.17, 15) is 9.59 Å². The Balaban J connectivity index is 1.65. The van der Waals surface area contributed by atoms with Crippen molar-refractivity contribution in [3.63, 3.8) is 0 Å². The fourth-order valence-corrected chi connectivity index (χ4v) is 4.83. The Labute approximate surface area is 165 Å². The first-order valence-electron chi connectivity index (χ1n) is 9.77. The van der Waals surface area contributed by atoms with E-state index in [-0.39, 0.29) is 23.8 Å². The van der Waals surface area contributed by atoms with Crippen LogP contribution in [0.3, 0.4) is 0 Å². The number of Topliss-reactive ketones (excluding diaryl/α,β-unsaturated/α-hetero) is 1. The second-order valence-electron chi connectivity index (χ2n) is 7.87. The van der Waals surface area contributed by atoms with Crippen molar-refractivity contribution in [2.75, 3.05) is 20.2 Å². The first-order valence-corrected chi connectivity index (χ1v) is 9.77. The van der Waals surface area contributed by atoms with Gasteiger partial charge in [-0.2, -0.15) is 0 Å². The molecule has 4 rings (SSSR count). The summed E-state index contributed by atoms with van der Waals surface area (Å²) < 4.78 is 5.12. The lowest BCUT2D eigenvalue weighted by atomic mass is 9.85. The molecule has 0 amide bonds. The summed E-state index contributed by atoms with van der Waals surface area (Å²) >= 11 is 0. The fourth-order valence-electron chi connectivity index (χ4n) is 4.83. The average Bonchev–Trinajstić information content (AvgIpc) is 3.28. The summed E-state index contributed by atoms with van der Waals surface area (Å²) in [5, 5.41) is 0. The van der Waals surface area contributed by atoms with Crippen LogP contribution in [-0.4, -0.2) is 53.5 Å². The van der Waals surface area contributed by atoms with Gasteiger partial charge in [-0.1, -0.05) is 60.7 Å². The van der Waals surface area contributed by atoms with Gasteiger partial charge in [-0.3, -0.25) is 19.4 Å². The fraction of sp³-hybridized carbons (Fsp3) is 0.391. The van der Waals surface area contributed by atoms with Crippen molar-refractivity contribution in [2.45, 2.75) is 31.6 Å². The van der Waals surface area contributed by atoms with Gasteiger partial charge < -0.3 is 4.74 Å². The van der Waals surface area contributed by atoms with E-state index >= 15 is 0 Å². The van der Waals surface area contributed by atoms with Gasteiger partial charge >= 0.3 is 5.97 Å². The Hall–Kier alpha value is -2.50. The van der Waals surface area contributed by atoms with E-state index in [1.165, 1.54) is 12.7 Å². The highest BCUT2D eigenvalue weighted by atomic mass is 16.5. The van der Waals surface area contributed by atoms with Gasteiger partial charge in [0, 0.05) is 25.2 Å². The van der Waals surface area contributed by atoms with Crippen molar-refractivity contribution in [2.24, 2.45) is 5.92 Å². The zero-order chi connectivity index (χ0) is 19.7. The van der Waals surface area contributed by atoms with E-state index in [0.717, 1.165) is 19.6 Å². The molecule has 5 heteroatoms. The maximum absolute atomic E-state index is 13.4. The number of fused-ring (bicyclic) bond motifs is 1. The van der Waals surface area contributed by atoms with Crippen LogP contribution in [0.15, 0.2) is 60.7 Å². The van der Waals surface area contributed by atoms with Gasteiger partial charge in [0.25, 0.3) is 0 Å². The third-order valence-corrected chi connectivity index (χ3v) is 6.19. The maximum atomic E-state index is 13.4. The van der Waals surface area contributed by atoms with E-state index in [2.05, 4.69) is 21.9 Å². The van der Waals surface area contributed by atoms with Crippen LogP contribution in [0.4, 0.5) is 0 Å². The number of hydrogen-bond donors (Lipinski definition) is 0. The largest absolute Gasteiger partial charge is 0.469 e. The minimum Gasteiger partial charge on any atom is -0.469 e. The molecule has 0 radical (unpaired) electrons. The SMILES string of the molecule is COC(=O)C1CC(C)(C(=O)c2ccccc2)N2CCN(Cc3ccccc3)C12. The minimum absolute atomic E-state index is 0.0751. The summed E-state index contributed by atoms with van der Waals surface area (Å²) in [5.74, 6) is -0.500. The molecule has 3 atom stereocenters. The van der Waals surface area contributed by atoms with Gasteiger partial charge in [0.15, 0.2) is 5.78 Å². The number of nitrogens with zero attached hydrogens (tertiary/aromatic N) is 2.